The molecule has 0 saturated heterocycles. The number of hydrogen-bond acceptors (Lipinski definition) is 6. The van der Waals surface area contributed by atoms with Crippen molar-refractivity contribution < 1.29 is 23.5 Å². The van der Waals surface area contributed by atoms with Crippen LogP contribution in [0.2, 0.25) is 0 Å². The molecule has 3 rings (SSSR count). The minimum absolute atomic E-state index is 0.116. The predicted molar refractivity (Wildman–Crippen MR) is 90.8 cm³/mol. The number of hydrogen-bond donors (Lipinski definition) is 0. The molecule has 0 radical (unpaired) electrons. The van der Waals surface area contributed by atoms with Crippen LogP contribution >= 0.6 is 0 Å². The number of ether oxygens (including phenoxy) is 2. The Hall–Kier alpha value is -2.89. The molecule has 0 fully saturated rings. The second-order valence-corrected chi connectivity index (χ2v) is 6.44. The zero-order valence-electron chi connectivity index (χ0n) is 14.4. The van der Waals surface area contributed by atoms with Crippen molar-refractivity contribution >= 4 is 22.7 Å². The van der Waals surface area contributed by atoms with Crippen LogP contribution in [0.4, 0.5) is 0 Å². The highest BCUT2D eigenvalue weighted by atomic mass is 16.6. The summed E-state index contributed by atoms with van der Waals surface area (Å²) in [5.41, 5.74) is -0.994. The zero-order chi connectivity index (χ0) is 18.4. The lowest BCUT2D eigenvalue weighted by molar-refractivity contribution is -0.151. The van der Waals surface area contributed by atoms with Gasteiger partial charge in [0.2, 0.25) is 11.9 Å². The monoisotopic (exact) mass is 342 g/mol. The molecule has 0 bridgehead atoms. The summed E-state index contributed by atoms with van der Waals surface area (Å²) in [6.07, 6.45) is 0.449. The Morgan fingerprint density at radius 3 is 2.56 bits per heavy atom. The van der Waals surface area contributed by atoms with Crippen molar-refractivity contribution in [2.45, 2.75) is 39.4 Å². The van der Waals surface area contributed by atoms with Crippen LogP contribution in [-0.4, -0.2) is 23.5 Å². The number of fused-ring (bicyclic) bond motifs is 3. The Kier molecular flexibility index (Phi) is 3.99. The van der Waals surface area contributed by atoms with E-state index in [0.29, 0.717) is 16.7 Å². The molecule has 25 heavy (non-hydrogen) atoms. The first kappa shape index (κ1) is 17.0. The van der Waals surface area contributed by atoms with Gasteiger partial charge >= 0.3 is 11.6 Å². The van der Waals surface area contributed by atoms with Crippen LogP contribution in [0.5, 0.6) is 5.75 Å². The standard InChI is InChI=1S/C19H18O6/c1-5-10(2)18(22)24-17-15(21)14-12(25-19(17,3)4)8-6-11-7-9-13(20)23-16(11)14/h5-9,17H,1-4H3/b10-5-/t17-/m1/s1. The molecule has 0 N–H and O–H groups in total. The molecule has 1 aromatic carbocycles. The first-order valence-corrected chi connectivity index (χ1v) is 7.88. The van der Waals surface area contributed by atoms with Crippen molar-refractivity contribution in [2.24, 2.45) is 0 Å². The molecule has 1 aliphatic rings. The van der Waals surface area contributed by atoms with E-state index in [1.165, 1.54) is 6.07 Å². The third-order valence-electron chi connectivity index (χ3n) is 4.22. The van der Waals surface area contributed by atoms with E-state index < -0.39 is 29.1 Å². The Balaban J connectivity index is 2.14. The second kappa shape index (κ2) is 5.88. The average molecular weight is 342 g/mol. The Morgan fingerprint density at radius 2 is 1.88 bits per heavy atom. The second-order valence-electron chi connectivity index (χ2n) is 6.44. The van der Waals surface area contributed by atoms with Gasteiger partial charge in [0.25, 0.3) is 0 Å². The first-order chi connectivity index (χ1) is 11.7. The summed E-state index contributed by atoms with van der Waals surface area (Å²) in [4.78, 5) is 36.8. The fourth-order valence-electron chi connectivity index (χ4n) is 2.73. The van der Waals surface area contributed by atoms with Gasteiger partial charge in [-0.05, 0) is 45.9 Å². The number of carbonyl (C=O) groups excluding carboxylic acids is 2. The highest BCUT2D eigenvalue weighted by Crippen LogP contribution is 2.38. The topological polar surface area (TPSA) is 82.8 Å². The molecule has 0 amide bonds. The normalized spacial score (nSPS) is 19.3. The van der Waals surface area contributed by atoms with Gasteiger partial charge in [-0.3, -0.25) is 4.79 Å². The van der Waals surface area contributed by atoms with Crippen LogP contribution < -0.4 is 10.4 Å². The number of esters is 1. The third kappa shape index (κ3) is 2.84. The molecule has 0 aliphatic carbocycles. The van der Waals surface area contributed by atoms with E-state index in [9.17, 15) is 14.4 Å². The Bertz CT molecular complexity index is 964. The SMILES string of the molecule is C/C=C(/C)C(=O)O[C@@H]1C(=O)c2c(ccc3ccc(=O)oc23)OC1(C)C. The van der Waals surface area contributed by atoms with E-state index >= 15 is 0 Å². The fraction of sp³-hybridized carbons (Fsp3) is 0.316. The first-order valence-electron chi connectivity index (χ1n) is 7.88. The molecule has 1 aliphatic heterocycles. The van der Waals surface area contributed by atoms with Crippen LogP contribution in [0.3, 0.4) is 0 Å². The van der Waals surface area contributed by atoms with Crippen molar-refractivity contribution in [3.8, 4) is 5.75 Å². The van der Waals surface area contributed by atoms with Crippen molar-refractivity contribution in [1.29, 1.82) is 0 Å². The fourth-order valence-corrected chi connectivity index (χ4v) is 2.73. The molecule has 0 spiro atoms. The van der Waals surface area contributed by atoms with Gasteiger partial charge in [-0.25, -0.2) is 9.59 Å². The lowest BCUT2D eigenvalue weighted by atomic mass is 9.88. The van der Waals surface area contributed by atoms with Crippen LogP contribution in [-0.2, 0) is 9.53 Å². The summed E-state index contributed by atoms with van der Waals surface area (Å²) >= 11 is 0. The molecule has 6 nitrogen and oxygen atoms in total. The summed E-state index contributed by atoms with van der Waals surface area (Å²) in [7, 11) is 0. The van der Waals surface area contributed by atoms with E-state index in [1.54, 1.807) is 52.0 Å². The maximum Gasteiger partial charge on any atom is 0.336 e. The smallest absolute Gasteiger partial charge is 0.336 e. The van der Waals surface area contributed by atoms with Gasteiger partial charge in [-0.1, -0.05) is 6.08 Å². The number of Topliss-reactive ketones (excluding diaryl/α,β-unsaturated/α-hetero) is 1. The number of ketones is 1. The number of rotatable bonds is 2. The molecule has 0 saturated carbocycles. The zero-order valence-corrected chi connectivity index (χ0v) is 14.4. The molecule has 1 atom stereocenters. The summed E-state index contributed by atoms with van der Waals surface area (Å²) in [6.45, 7) is 6.65. The molecular formula is C19H18O6. The van der Waals surface area contributed by atoms with E-state index in [0.717, 1.165) is 0 Å². The van der Waals surface area contributed by atoms with Crippen molar-refractivity contribution in [1.82, 2.24) is 0 Å². The molecular weight excluding hydrogens is 324 g/mol. The summed E-state index contributed by atoms with van der Waals surface area (Å²) < 4.78 is 16.5. The third-order valence-corrected chi connectivity index (χ3v) is 4.22. The molecule has 0 unspecified atom stereocenters. The number of carbonyl (C=O) groups is 2. The van der Waals surface area contributed by atoms with Gasteiger partial charge in [0.05, 0.1) is 0 Å². The van der Waals surface area contributed by atoms with Crippen LogP contribution in [0.25, 0.3) is 11.0 Å². The molecule has 1 aromatic heterocycles. The van der Waals surface area contributed by atoms with Gasteiger partial charge in [-0.2, -0.15) is 0 Å². The summed E-state index contributed by atoms with van der Waals surface area (Å²) in [6, 6.07) is 6.20. The lowest BCUT2D eigenvalue weighted by Crippen LogP contribution is -2.52. The van der Waals surface area contributed by atoms with Crippen molar-refractivity contribution in [3.05, 3.63) is 51.9 Å². The van der Waals surface area contributed by atoms with E-state index in [4.69, 9.17) is 13.9 Å². The van der Waals surface area contributed by atoms with Crippen LogP contribution in [0.1, 0.15) is 38.1 Å². The highest BCUT2D eigenvalue weighted by Gasteiger charge is 2.47. The van der Waals surface area contributed by atoms with Gasteiger partial charge in [0.15, 0.2) is 5.58 Å². The minimum Gasteiger partial charge on any atom is -0.483 e. The highest BCUT2D eigenvalue weighted by molar-refractivity contribution is 6.12. The van der Waals surface area contributed by atoms with Crippen LogP contribution in [0, 0.1) is 0 Å². The molecule has 2 aromatic rings. The van der Waals surface area contributed by atoms with Crippen molar-refractivity contribution in [2.75, 3.05) is 0 Å². The predicted octanol–water partition coefficient (Wildman–Crippen LogP) is 3.02. The maximum atomic E-state index is 13.1. The van der Waals surface area contributed by atoms with Gasteiger partial charge in [0, 0.05) is 17.0 Å². The van der Waals surface area contributed by atoms with E-state index in [-0.39, 0.29) is 11.1 Å². The average Bonchev–Trinajstić information content (AvgIpc) is 2.56. The lowest BCUT2D eigenvalue weighted by Gasteiger charge is -2.38. The van der Waals surface area contributed by atoms with Crippen molar-refractivity contribution in [3.63, 3.8) is 0 Å². The molecule has 130 valence electrons. The molecule has 6 heteroatoms. The number of allylic oxidation sites excluding steroid dienone is 1. The van der Waals surface area contributed by atoms with E-state index in [1.807, 2.05) is 0 Å². The minimum atomic E-state index is -1.15. The number of benzene rings is 1. The van der Waals surface area contributed by atoms with Crippen LogP contribution in [0.15, 0.2) is 45.1 Å². The summed E-state index contributed by atoms with van der Waals surface area (Å²) in [5.74, 6) is -0.752. The Morgan fingerprint density at radius 1 is 1.20 bits per heavy atom. The Labute approximate surface area is 144 Å². The quantitative estimate of drug-likeness (QED) is 0.474. The maximum absolute atomic E-state index is 13.1. The van der Waals surface area contributed by atoms with Gasteiger partial charge in [-0.15, -0.1) is 0 Å². The summed E-state index contributed by atoms with van der Waals surface area (Å²) in [5, 5.41) is 0.588. The molecule has 2 heterocycles. The van der Waals surface area contributed by atoms with E-state index in [2.05, 4.69) is 0 Å². The van der Waals surface area contributed by atoms with Gasteiger partial charge < -0.3 is 13.9 Å². The largest absolute Gasteiger partial charge is 0.483 e. The van der Waals surface area contributed by atoms with Gasteiger partial charge in [0.1, 0.15) is 16.9 Å².